The number of benzene rings is 1. The molecule has 0 aliphatic carbocycles. The van der Waals surface area contributed by atoms with E-state index in [-0.39, 0.29) is 0 Å². The Morgan fingerprint density at radius 2 is 1.70 bits per heavy atom. The van der Waals surface area contributed by atoms with Crippen molar-refractivity contribution in [3.63, 3.8) is 0 Å². The van der Waals surface area contributed by atoms with Gasteiger partial charge in [-0.3, -0.25) is 4.90 Å². The highest BCUT2D eigenvalue weighted by Gasteiger charge is 2.18. The molecule has 0 saturated carbocycles. The van der Waals surface area contributed by atoms with Crippen LogP contribution in [-0.2, 0) is 0 Å². The van der Waals surface area contributed by atoms with Crippen LogP contribution in [0, 0.1) is 12.5 Å². The Morgan fingerprint density at radius 3 is 2.05 bits per heavy atom. The fourth-order valence-electron chi connectivity index (χ4n) is 1.40. The van der Waals surface area contributed by atoms with E-state index in [9.17, 15) is 5.11 Å². The van der Waals surface area contributed by atoms with Gasteiger partial charge >= 0.3 is 0 Å². The number of anilines is 1. The van der Waals surface area contributed by atoms with Crippen molar-refractivity contribution in [2.45, 2.75) is 19.4 Å². The maximum atomic E-state index is 9.60. The normalized spacial score (nSPS) is 9.90. The Balaban J connectivity index is 0.000000276. The summed E-state index contributed by atoms with van der Waals surface area (Å²) in [7, 11) is 0. The van der Waals surface area contributed by atoms with E-state index in [0.717, 1.165) is 0 Å². The zero-order valence-corrected chi connectivity index (χ0v) is 11.8. The summed E-state index contributed by atoms with van der Waals surface area (Å²) in [5.74, 6) is 0.567. The van der Waals surface area contributed by atoms with Crippen LogP contribution in [0.5, 0.6) is 0 Å². The van der Waals surface area contributed by atoms with Crippen LogP contribution < -0.4 is 4.90 Å². The van der Waals surface area contributed by atoms with E-state index in [0.29, 0.717) is 12.4 Å². The molecule has 0 atom stereocenters. The lowest BCUT2D eigenvalue weighted by Crippen LogP contribution is -2.36. The van der Waals surface area contributed by atoms with E-state index in [1.54, 1.807) is 32.2 Å². The zero-order chi connectivity index (χ0) is 14.8. The lowest BCUT2D eigenvalue weighted by molar-refractivity contribution is 0.0898. The van der Waals surface area contributed by atoms with Gasteiger partial charge in [0.25, 0.3) is 0 Å². The average molecular weight is 269 g/mol. The average Bonchev–Trinajstić information content (AvgIpc) is 2.47. The Hall–Kier alpha value is -2.38. The third-order valence-electron chi connectivity index (χ3n) is 2.20. The summed E-state index contributed by atoms with van der Waals surface area (Å²) in [6, 6.07) is 17.9. The standard InChI is InChI=1S/C10H13N3O.C6H6/c1-4-13(8-10(2,3)14)9-6-5-7-11-12-9;1-2-4-6-5-3-1/h1,5-7,14H,8H2,2-3H3;1-6H. The molecule has 0 aliphatic heterocycles. The van der Waals surface area contributed by atoms with E-state index in [2.05, 4.69) is 16.2 Å². The van der Waals surface area contributed by atoms with E-state index in [1.165, 1.54) is 4.90 Å². The molecule has 1 N–H and O–H groups in total. The molecule has 1 aromatic heterocycles. The van der Waals surface area contributed by atoms with Gasteiger partial charge in [0, 0.05) is 12.2 Å². The quantitative estimate of drug-likeness (QED) is 0.686. The van der Waals surface area contributed by atoms with Crippen LogP contribution in [0.25, 0.3) is 0 Å². The smallest absolute Gasteiger partial charge is 0.162 e. The van der Waals surface area contributed by atoms with E-state index < -0.39 is 5.60 Å². The highest BCUT2D eigenvalue weighted by atomic mass is 16.3. The van der Waals surface area contributed by atoms with Gasteiger partial charge in [-0.05, 0) is 26.0 Å². The number of hydrogen-bond acceptors (Lipinski definition) is 4. The maximum Gasteiger partial charge on any atom is 0.162 e. The molecular formula is C16H19N3O. The highest BCUT2D eigenvalue weighted by Crippen LogP contribution is 2.11. The molecule has 4 nitrogen and oxygen atoms in total. The van der Waals surface area contributed by atoms with Crippen LogP contribution in [0.3, 0.4) is 0 Å². The van der Waals surface area contributed by atoms with Crippen molar-refractivity contribution >= 4 is 5.82 Å². The molecular weight excluding hydrogens is 250 g/mol. The fraction of sp³-hybridized carbons (Fsp3) is 0.250. The topological polar surface area (TPSA) is 49.2 Å². The Morgan fingerprint density at radius 1 is 1.15 bits per heavy atom. The van der Waals surface area contributed by atoms with Crippen LogP contribution in [0.1, 0.15) is 13.8 Å². The van der Waals surface area contributed by atoms with Gasteiger partial charge in [0.1, 0.15) is 0 Å². The first kappa shape index (κ1) is 15.7. The molecule has 0 amide bonds. The van der Waals surface area contributed by atoms with Gasteiger partial charge in [-0.25, -0.2) is 0 Å². The van der Waals surface area contributed by atoms with E-state index in [4.69, 9.17) is 6.42 Å². The van der Waals surface area contributed by atoms with Crippen LogP contribution in [-0.4, -0.2) is 27.4 Å². The van der Waals surface area contributed by atoms with Crippen molar-refractivity contribution in [1.82, 2.24) is 10.2 Å². The summed E-state index contributed by atoms with van der Waals surface area (Å²) >= 11 is 0. The number of aliphatic hydroxyl groups is 1. The van der Waals surface area contributed by atoms with Crippen molar-refractivity contribution in [2.24, 2.45) is 0 Å². The molecule has 1 aromatic carbocycles. The number of rotatable bonds is 3. The Bertz CT molecular complexity index is 488. The van der Waals surface area contributed by atoms with E-state index in [1.807, 2.05) is 36.4 Å². The molecule has 2 rings (SSSR count). The molecule has 0 aliphatic rings. The van der Waals surface area contributed by atoms with Crippen molar-refractivity contribution in [2.75, 3.05) is 11.4 Å². The predicted octanol–water partition coefficient (Wildman–Crippen LogP) is 2.33. The van der Waals surface area contributed by atoms with Crippen LogP contribution in [0.15, 0.2) is 54.7 Å². The molecule has 0 spiro atoms. The molecule has 0 bridgehead atoms. The molecule has 2 aromatic rings. The molecule has 0 fully saturated rings. The Labute approximate surface area is 120 Å². The van der Waals surface area contributed by atoms with Crippen LogP contribution in [0.2, 0.25) is 0 Å². The number of terminal acetylenes is 1. The second kappa shape index (κ2) is 7.93. The highest BCUT2D eigenvalue weighted by molar-refractivity contribution is 5.43. The molecule has 0 radical (unpaired) electrons. The number of aromatic nitrogens is 2. The minimum Gasteiger partial charge on any atom is -0.389 e. The summed E-state index contributed by atoms with van der Waals surface area (Å²) < 4.78 is 0. The van der Waals surface area contributed by atoms with E-state index >= 15 is 0 Å². The van der Waals surface area contributed by atoms with Gasteiger partial charge in [-0.1, -0.05) is 42.8 Å². The SMILES string of the molecule is C#CN(CC(C)(C)O)c1cccnn1.c1ccccc1. The first-order chi connectivity index (χ1) is 9.53. The first-order valence-corrected chi connectivity index (χ1v) is 6.27. The summed E-state index contributed by atoms with van der Waals surface area (Å²) in [4.78, 5) is 1.52. The maximum absolute atomic E-state index is 9.60. The minimum absolute atomic E-state index is 0.322. The summed E-state index contributed by atoms with van der Waals surface area (Å²) in [5, 5.41) is 17.2. The van der Waals surface area contributed by atoms with Crippen LogP contribution in [0.4, 0.5) is 5.82 Å². The third kappa shape index (κ3) is 6.53. The zero-order valence-electron chi connectivity index (χ0n) is 11.8. The molecule has 0 saturated heterocycles. The minimum atomic E-state index is -0.857. The lowest BCUT2D eigenvalue weighted by Gasteiger charge is -2.24. The number of nitrogens with zero attached hydrogens (tertiary/aromatic N) is 3. The van der Waals surface area contributed by atoms with Gasteiger partial charge in [0.15, 0.2) is 5.82 Å². The molecule has 104 valence electrons. The van der Waals surface area contributed by atoms with Crippen molar-refractivity contribution < 1.29 is 5.11 Å². The molecule has 1 heterocycles. The first-order valence-electron chi connectivity index (χ1n) is 6.27. The molecule has 0 unspecified atom stereocenters. The second-order valence-corrected chi connectivity index (χ2v) is 4.76. The van der Waals surface area contributed by atoms with Crippen LogP contribution >= 0.6 is 0 Å². The van der Waals surface area contributed by atoms with Crippen molar-refractivity contribution in [1.29, 1.82) is 0 Å². The van der Waals surface area contributed by atoms with Gasteiger partial charge in [-0.2, -0.15) is 5.10 Å². The van der Waals surface area contributed by atoms with Gasteiger partial charge in [0.05, 0.1) is 12.1 Å². The van der Waals surface area contributed by atoms with Gasteiger partial charge in [0.2, 0.25) is 0 Å². The van der Waals surface area contributed by atoms with Gasteiger partial charge < -0.3 is 5.11 Å². The lowest BCUT2D eigenvalue weighted by atomic mass is 10.1. The summed E-state index contributed by atoms with van der Waals surface area (Å²) in [5.41, 5.74) is -0.857. The molecule has 4 heteroatoms. The predicted molar refractivity (Wildman–Crippen MR) is 81.0 cm³/mol. The summed E-state index contributed by atoms with van der Waals surface area (Å²) in [6.45, 7) is 3.70. The summed E-state index contributed by atoms with van der Waals surface area (Å²) in [6.07, 6.45) is 6.88. The monoisotopic (exact) mass is 269 g/mol. The second-order valence-electron chi connectivity index (χ2n) is 4.76. The third-order valence-corrected chi connectivity index (χ3v) is 2.20. The van der Waals surface area contributed by atoms with Crippen molar-refractivity contribution in [3.05, 3.63) is 54.7 Å². The van der Waals surface area contributed by atoms with Gasteiger partial charge in [-0.15, -0.1) is 5.10 Å². The molecule has 20 heavy (non-hydrogen) atoms. The fourth-order valence-corrected chi connectivity index (χ4v) is 1.40. The largest absolute Gasteiger partial charge is 0.389 e. The van der Waals surface area contributed by atoms with Crippen molar-refractivity contribution in [3.8, 4) is 12.5 Å². The Kier molecular flexibility index (Phi) is 6.21. The number of hydrogen-bond donors (Lipinski definition) is 1.